The SMILES string of the molecule is CC(C)C[C@H]([NH-])c1nc2ccccc2[nH]1.CC1(C)O[C@H](C[PH+](c2ccccc2)c2ccccc2)[C@@H](C[PH+](c2ccccc2)c2ccccc2)O1.[Cl][Ru][Cl]. The van der Waals surface area contributed by atoms with E-state index in [0.717, 1.165) is 35.6 Å². The van der Waals surface area contributed by atoms with Gasteiger partial charge in [0.25, 0.3) is 0 Å². The first-order valence-corrected chi connectivity index (χ1v) is 25.9. The number of nitrogens with zero attached hydrogens (tertiary/aromatic N) is 1. The van der Waals surface area contributed by atoms with Crippen LogP contribution in [0.3, 0.4) is 0 Å². The summed E-state index contributed by atoms with van der Waals surface area (Å²) in [7, 11) is 7.66. The maximum atomic E-state index is 7.98. The number of fused-ring (bicyclic) bond motifs is 1. The summed E-state index contributed by atoms with van der Waals surface area (Å²) in [5.74, 6) is 0.737. The van der Waals surface area contributed by atoms with Gasteiger partial charge >= 0.3 is 34.5 Å². The first kappa shape index (κ1) is 41.7. The zero-order valence-corrected chi connectivity index (χ0v) is 35.9. The van der Waals surface area contributed by atoms with Gasteiger partial charge in [-0.1, -0.05) is 111 Å². The fourth-order valence-electron chi connectivity index (χ4n) is 6.74. The van der Waals surface area contributed by atoms with Crippen molar-refractivity contribution in [2.24, 2.45) is 5.92 Å². The summed E-state index contributed by atoms with van der Waals surface area (Å²) in [6.45, 7) is 8.39. The van der Waals surface area contributed by atoms with Crippen LogP contribution in [0.2, 0.25) is 0 Å². The Balaban J connectivity index is 0.000000250. The molecule has 1 fully saturated rings. The van der Waals surface area contributed by atoms with E-state index in [9.17, 15) is 0 Å². The number of hydrogen-bond acceptors (Lipinski definition) is 3. The first-order chi connectivity index (χ1) is 25.7. The summed E-state index contributed by atoms with van der Waals surface area (Å²) in [6, 6.07) is 51.5. The number of nitrogens with one attached hydrogen (secondary N) is 2. The van der Waals surface area contributed by atoms with Crippen LogP contribution in [0.25, 0.3) is 16.8 Å². The van der Waals surface area contributed by atoms with Crippen LogP contribution in [0.15, 0.2) is 146 Å². The first-order valence-electron chi connectivity index (χ1n) is 18.0. The number of aromatic nitrogens is 2. The van der Waals surface area contributed by atoms with Crippen LogP contribution in [0, 0.1) is 5.92 Å². The molecule has 1 aliphatic rings. The molecule has 6 aromatic rings. The molecule has 1 aliphatic heterocycles. The summed E-state index contributed by atoms with van der Waals surface area (Å²) in [4.78, 5) is 7.62. The van der Waals surface area contributed by atoms with E-state index in [1.54, 1.807) is 0 Å². The third kappa shape index (κ3) is 12.5. The molecule has 0 spiro atoms. The van der Waals surface area contributed by atoms with Gasteiger partial charge in [0.05, 0.1) is 66.2 Å². The number of H-pyrrole nitrogens is 1. The molecule has 5 nitrogen and oxygen atoms in total. The van der Waals surface area contributed by atoms with Crippen LogP contribution in [0.1, 0.15) is 46.0 Å². The van der Waals surface area contributed by atoms with E-state index in [1.807, 2.05) is 24.3 Å². The van der Waals surface area contributed by atoms with Gasteiger partial charge in [-0.3, -0.25) is 0 Å². The zero-order valence-electron chi connectivity index (χ0n) is 30.7. The fourth-order valence-corrected chi connectivity index (χ4v) is 12.2. The summed E-state index contributed by atoms with van der Waals surface area (Å²) < 4.78 is 13.3. The minimum atomic E-state index is -1.02. The standard InChI is InChI=1S/C31H32O2P2.C12H16N3.2ClH.Ru/c1-31(2)32-29(23-34(25-15-7-3-8-16-25)26-17-9-4-10-18-26)30(33-31)24-35(27-19-11-5-12-20-27)28-21-13-6-14-22-28;1-8(2)7-9(13)12-14-10-5-3-4-6-11(10)15-12;;;/h3-22,29-30H,23-24H2,1-2H3;3-6,8-9,13H,7H2,1-2H3,(H,14,15);2*1H;/q;-1;;;+2/t29-,30-;9-;;;/m10.../s1. The van der Waals surface area contributed by atoms with Crippen molar-refractivity contribution in [2.45, 2.75) is 58.2 Å². The maximum absolute atomic E-state index is 7.98. The van der Waals surface area contributed by atoms with Crippen molar-refractivity contribution in [2.75, 3.05) is 12.3 Å². The van der Waals surface area contributed by atoms with Crippen molar-refractivity contribution in [3.05, 3.63) is 157 Å². The predicted molar refractivity (Wildman–Crippen MR) is 229 cm³/mol. The second kappa shape index (κ2) is 21.0. The molecule has 0 amide bonds. The van der Waals surface area contributed by atoms with Gasteiger partial charge in [0, 0.05) is 0 Å². The van der Waals surface area contributed by atoms with E-state index in [4.69, 9.17) is 34.6 Å². The molecular weight excluding hydrogens is 824 g/mol. The molecule has 2 N–H and O–H groups in total. The molecule has 5 aromatic carbocycles. The van der Waals surface area contributed by atoms with Gasteiger partial charge in [-0.2, -0.15) is 0 Å². The summed E-state index contributed by atoms with van der Waals surface area (Å²) >= 11 is -0.346. The average Bonchev–Trinajstić information content (AvgIpc) is 3.74. The van der Waals surface area contributed by atoms with Crippen LogP contribution >= 0.6 is 35.2 Å². The van der Waals surface area contributed by atoms with E-state index in [-0.39, 0.29) is 33.4 Å². The number of ether oxygens (including phenoxy) is 2. The number of imidazole rings is 1. The third-order valence-electron chi connectivity index (χ3n) is 9.03. The van der Waals surface area contributed by atoms with Crippen LogP contribution in [0.5, 0.6) is 0 Å². The Bertz CT molecular complexity index is 1710. The number of benzene rings is 5. The molecule has 10 heteroatoms. The van der Waals surface area contributed by atoms with Crippen LogP contribution in [-0.2, 0) is 24.6 Å². The predicted octanol–water partition coefficient (Wildman–Crippen LogP) is 10.3. The van der Waals surface area contributed by atoms with E-state index in [2.05, 4.69) is 159 Å². The number of aromatic amines is 1. The van der Waals surface area contributed by atoms with Crippen molar-refractivity contribution in [1.29, 1.82) is 0 Å². The molecule has 280 valence electrons. The minimum absolute atomic E-state index is 0.0618. The molecule has 2 heterocycles. The molecule has 1 saturated heterocycles. The normalized spacial score (nSPS) is 17.0. The monoisotopic (exact) mass is 874 g/mol. The zero-order chi connectivity index (χ0) is 37.6. The summed E-state index contributed by atoms with van der Waals surface area (Å²) in [5, 5.41) is 5.69. The molecule has 7 rings (SSSR count). The number of halogens is 2. The van der Waals surface area contributed by atoms with Gasteiger partial charge in [-0.15, -0.1) is 0 Å². The molecule has 0 bridgehead atoms. The van der Waals surface area contributed by atoms with Gasteiger partial charge < -0.3 is 20.2 Å². The van der Waals surface area contributed by atoms with Crippen molar-refractivity contribution in [3.63, 3.8) is 0 Å². The van der Waals surface area contributed by atoms with Crippen LogP contribution in [-0.4, -0.2) is 40.3 Å². The van der Waals surface area contributed by atoms with Crippen LogP contribution in [0.4, 0.5) is 0 Å². The number of hydrogen-bond donors (Lipinski definition) is 1. The Morgan fingerprint density at radius 1 is 0.660 bits per heavy atom. The van der Waals surface area contributed by atoms with Gasteiger partial charge in [0.1, 0.15) is 12.2 Å². The molecule has 0 radical (unpaired) electrons. The Morgan fingerprint density at radius 3 is 1.38 bits per heavy atom. The van der Waals surface area contributed by atoms with E-state index in [0.29, 0.717) is 5.92 Å². The second-order valence-corrected chi connectivity index (χ2v) is 21.6. The Labute approximate surface area is 333 Å². The summed E-state index contributed by atoms with van der Waals surface area (Å²) in [6.07, 6.45) is 2.95. The Morgan fingerprint density at radius 2 is 1.02 bits per heavy atom. The van der Waals surface area contributed by atoms with Gasteiger partial charge in [0.2, 0.25) is 0 Å². The van der Waals surface area contributed by atoms with Crippen molar-refractivity contribution >= 4 is 67.5 Å². The Kier molecular flexibility index (Phi) is 16.5. The van der Waals surface area contributed by atoms with E-state index < -0.39 is 21.6 Å². The number of rotatable bonds is 11. The molecular formula is C43H50Cl2N3O2P2Ru+. The topological polar surface area (TPSA) is 70.9 Å². The van der Waals surface area contributed by atoms with E-state index in [1.165, 1.54) is 21.2 Å². The van der Waals surface area contributed by atoms with E-state index >= 15 is 0 Å². The van der Waals surface area contributed by atoms with Crippen molar-refractivity contribution in [3.8, 4) is 0 Å². The molecule has 0 unspecified atom stereocenters. The van der Waals surface area contributed by atoms with Gasteiger partial charge in [0.15, 0.2) is 5.79 Å². The molecule has 3 atom stereocenters. The molecule has 1 aromatic heterocycles. The molecule has 53 heavy (non-hydrogen) atoms. The average molecular weight is 875 g/mol. The van der Waals surface area contributed by atoms with Crippen LogP contribution < -0.4 is 21.2 Å². The molecule has 0 saturated carbocycles. The Hall–Kier alpha value is -2.49. The second-order valence-electron chi connectivity index (χ2n) is 13.9. The number of para-hydroxylation sites is 2. The fraction of sp³-hybridized carbons (Fsp3) is 0.279. The summed E-state index contributed by atoms with van der Waals surface area (Å²) in [5.41, 5.74) is 9.96. The quantitative estimate of drug-likeness (QED) is 0.104. The van der Waals surface area contributed by atoms with Crippen molar-refractivity contribution in [1.82, 2.24) is 9.97 Å². The van der Waals surface area contributed by atoms with Gasteiger partial charge in [-0.25, -0.2) is 4.98 Å². The third-order valence-corrected chi connectivity index (χ3v) is 14.8. The molecule has 0 aliphatic carbocycles. The van der Waals surface area contributed by atoms with Gasteiger partial charge in [-0.05, 0) is 80.4 Å². The van der Waals surface area contributed by atoms with Crippen molar-refractivity contribution < 1.29 is 24.6 Å².